The van der Waals surface area contributed by atoms with Crippen LogP contribution in [-0.4, -0.2) is 37.0 Å². The van der Waals surface area contributed by atoms with Gasteiger partial charge in [-0.05, 0) is 67.1 Å². The molecule has 0 spiro atoms. The third-order valence-corrected chi connectivity index (χ3v) is 4.28. The molecule has 0 aromatic heterocycles. The molecular formula is C14H16BrF3N2O. The lowest BCUT2D eigenvalue weighted by atomic mass is 10.0. The van der Waals surface area contributed by atoms with Gasteiger partial charge in [0.2, 0.25) is 0 Å². The predicted molar refractivity (Wildman–Crippen MR) is 77.1 cm³/mol. The summed E-state index contributed by atoms with van der Waals surface area (Å²) in [5.74, 6) is -0.470. The molecule has 0 bridgehead atoms. The highest BCUT2D eigenvalue weighted by Gasteiger charge is 2.32. The van der Waals surface area contributed by atoms with E-state index in [9.17, 15) is 18.0 Å². The van der Waals surface area contributed by atoms with Crippen molar-refractivity contribution in [3.8, 4) is 0 Å². The van der Waals surface area contributed by atoms with Gasteiger partial charge in [0.05, 0.1) is 11.1 Å². The third-order valence-electron chi connectivity index (χ3n) is 3.59. The minimum Gasteiger partial charge on any atom is -0.349 e. The first-order chi connectivity index (χ1) is 9.77. The van der Waals surface area contributed by atoms with Crippen molar-refractivity contribution in [2.45, 2.75) is 25.1 Å². The lowest BCUT2D eigenvalue weighted by molar-refractivity contribution is -0.137. The van der Waals surface area contributed by atoms with Gasteiger partial charge in [0, 0.05) is 10.5 Å². The van der Waals surface area contributed by atoms with Crippen LogP contribution in [0.2, 0.25) is 0 Å². The van der Waals surface area contributed by atoms with Gasteiger partial charge in [-0.15, -0.1) is 0 Å². The number of rotatable bonds is 2. The van der Waals surface area contributed by atoms with E-state index in [0.717, 1.165) is 38.1 Å². The van der Waals surface area contributed by atoms with E-state index in [1.165, 1.54) is 6.07 Å². The second-order valence-corrected chi connectivity index (χ2v) is 6.10. The summed E-state index contributed by atoms with van der Waals surface area (Å²) >= 11 is 3.14. The second kappa shape index (κ2) is 6.36. The van der Waals surface area contributed by atoms with E-state index in [1.54, 1.807) is 0 Å². The molecular weight excluding hydrogens is 349 g/mol. The van der Waals surface area contributed by atoms with Crippen LogP contribution in [0.3, 0.4) is 0 Å². The van der Waals surface area contributed by atoms with Crippen molar-refractivity contribution in [3.05, 3.63) is 33.8 Å². The predicted octanol–water partition coefficient (Wildman–Crippen LogP) is 3.29. The quantitative estimate of drug-likeness (QED) is 0.873. The fraction of sp³-hybridized carbons (Fsp3) is 0.500. The lowest BCUT2D eigenvalue weighted by Gasteiger charge is -2.29. The highest BCUT2D eigenvalue weighted by molar-refractivity contribution is 9.10. The molecule has 0 atom stereocenters. The van der Waals surface area contributed by atoms with Crippen LogP contribution in [0.25, 0.3) is 0 Å². The largest absolute Gasteiger partial charge is 0.416 e. The average molecular weight is 365 g/mol. The van der Waals surface area contributed by atoms with Gasteiger partial charge in [0.15, 0.2) is 0 Å². The number of nitrogens with one attached hydrogen (secondary N) is 1. The van der Waals surface area contributed by atoms with E-state index >= 15 is 0 Å². The molecule has 1 aromatic rings. The Bertz CT molecular complexity index is 525. The molecule has 1 amide bonds. The van der Waals surface area contributed by atoms with Crippen LogP contribution >= 0.6 is 15.9 Å². The molecule has 1 aromatic carbocycles. The van der Waals surface area contributed by atoms with Gasteiger partial charge in [0.1, 0.15) is 0 Å². The van der Waals surface area contributed by atoms with E-state index < -0.39 is 17.6 Å². The molecule has 116 valence electrons. The van der Waals surface area contributed by atoms with Crippen LogP contribution < -0.4 is 5.32 Å². The molecule has 21 heavy (non-hydrogen) atoms. The van der Waals surface area contributed by atoms with Gasteiger partial charge in [-0.3, -0.25) is 4.79 Å². The first kappa shape index (κ1) is 16.3. The van der Waals surface area contributed by atoms with Gasteiger partial charge < -0.3 is 10.2 Å². The smallest absolute Gasteiger partial charge is 0.349 e. The molecule has 3 nitrogen and oxygen atoms in total. The van der Waals surface area contributed by atoms with E-state index in [2.05, 4.69) is 26.1 Å². The summed E-state index contributed by atoms with van der Waals surface area (Å²) in [4.78, 5) is 14.3. The van der Waals surface area contributed by atoms with E-state index in [0.29, 0.717) is 4.47 Å². The highest BCUT2D eigenvalue weighted by Crippen LogP contribution is 2.32. The third kappa shape index (κ3) is 4.20. The van der Waals surface area contributed by atoms with Crippen molar-refractivity contribution in [1.29, 1.82) is 0 Å². The van der Waals surface area contributed by atoms with Crippen molar-refractivity contribution < 1.29 is 18.0 Å². The van der Waals surface area contributed by atoms with E-state index in [4.69, 9.17) is 0 Å². The Balaban J connectivity index is 2.11. The number of carbonyl (C=O) groups excluding carboxylic acids is 1. The second-order valence-electron chi connectivity index (χ2n) is 5.24. The number of hydrogen-bond donors (Lipinski definition) is 1. The minimum atomic E-state index is -4.46. The topological polar surface area (TPSA) is 32.3 Å². The molecule has 2 rings (SSSR count). The first-order valence-electron chi connectivity index (χ1n) is 6.63. The Morgan fingerprint density at radius 3 is 2.52 bits per heavy atom. The maximum absolute atomic E-state index is 12.7. The van der Waals surface area contributed by atoms with Crippen LogP contribution in [0.15, 0.2) is 22.7 Å². The molecule has 0 unspecified atom stereocenters. The Labute approximate surface area is 129 Å². The number of amides is 1. The van der Waals surface area contributed by atoms with Crippen molar-refractivity contribution in [2.24, 2.45) is 0 Å². The number of likely N-dealkylation sites (tertiary alicyclic amines) is 1. The summed E-state index contributed by atoms with van der Waals surface area (Å²) in [6.07, 6.45) is -2.85. The number of nitrogens with zero attached hydrogens (tertiary/aromatic N) is 1. The van der Waals surface area contributed by atoms with Gasteiger partial charge in [-0.2, -0.15) is 13.2 Å². The molecule has 0 aliphatic carbocycles. The number of piperidine rings is 1. The Hall–Kier alpha value is -1.08. The first-order valence-corrected chi connectivity index (χ1v) is 7.43. The molecule has 1 N–H and O–H groups in total. The molecule has 0 saturated carbocycles. The zero-order chi connectivity index (χ0) is 15.6. The average Bonchev–Trinajstić information content (AvgIpc) is 2.40. The molecule has 1 aliphatic rings. The monoisotopic (exact) mass is 364 g/mol. The maximum Gasteiger partial charge on any atom is 0.416 e. The number of alkyl halides is 3. The van der Waals surface area contributed by atoms with Crippen molar-refractivity contribution in [3.63, 3.8) is 0 Å². The SMILES string of the molecule is CN1CCC(NC(=O)c2cc(C(F)(F)F)ccc2Br)CC1. The van der Waals surface area contributed by atoms with Gasteiger partial charge in [-0.1, -0.05) is 0 Å². The van der Waals surface area contributed by atoms with E-state index in [1.807, 2.05) is 7.05 Å². The number of hydrogen-bond acceptors (Lipinski definition) is 2. The molecule has 1 heterocycles. The summed E-state index contributed by atoms with van der Waals surface area (Å²) in [5.41, 5.74) is -0.803. The summed E-state index contributed by atoms with van der Waals surface area (Å²) in [6.45, 7) is 1.74. The van der Waals surface area contributed by atoms with Crippen LogP contribution in [0, 0.1) is 0 Å². The van der Waals surface area contributed by atoms with Gasteiger partial charge in [-0.25, -0.2) is 0 Å². The van der Waals surface area contributed by atoms with Gasteiger partial charge in [0.25, 0.3) is 5.91 Å². The van der Waals surface area contributed by atoms with Crippen LogP contribution in [0.5, 0.6) is 0 Å². The van der Waals surface area contributed by atoms with Crippen molar-refractivity contribution in [1.82, 2.24) is 10.2 Å². The maximum atomic E-state index is 12.7. The fourth-order valence-corrected chi connectivity index (χ4v) is 2.72. The summed E-state index contributed by atoms with van der Waals surface area (Å²) in [7, 11) is 2.00. The molecule has 1 saturated heterocycles. The Morgan fingerprint density at radius 2 is 1.95 bits per heavy atom. The highest BCUT2D eigenvalue weighted by atomic mass is 79.9. The normalized spacial score (nSPS) is 17.8. The Kier molecular flexibility index (Phi) is 4.93. The summed E-state index contributed by atoms with van der Waals surface area (Å²) in [6, 6.07) is 3.10. The standard InChI is InChI=1S/C14H16BrF3N2O/c1-20-6-4-10(5-7-20)19-13(21)11-8-9(14(16,17)18)2-3-12(11)15/h2-3,8,10H,4-7H2,1H3,(H,19,21). The van der Waals surface area contributed by atoms with Crippen molar-refractivity contribution >= 4 is 21.8 Å². The number of halogens is 4. The zero-order valence-electron chi connectivity index (χ0n) is 11.5. The molecule has 7 heteroatoms. The molecule has 0 radical (unpaired) electrons. The Morgan fingerprint density at radius 1 is 1.33 bits per heavy atom. The van der Waals surface area contributed by atoms with Crippen LogP contribution in [-0.2, 0) is 6.18 Å². The summed E-state index contributed by atoms with van der Waals surface area (Å²) < 4.78 is 38.5. The minimum absolute atomic E-state index is 0.00939. The van der Waals surface area contributed by atoms with Crippen molar-refractivity contribution in [2.75, 3.05) is 20.1 Å². The number of benzene rings is 1. The fourth-order valence-electron chi connectivity index (χ4n) is 2.29. The van der Waals surface area contributed by atoms with Crippen LogP contribution in [0.4, 0.5) is 13.2 Å². The van der Waals surface area contributed by atoms with E-state index in [-0.39, 0.29) is 11.6 Å². The zero-order valence-corrected chi connectivity index (χ0v) is 13.1. The van der Waals surface area contributed by atoms with Gasteiger partial charge >= 0.3 is 6.18 Å². The molecule has 1 aliphatic heterocycles. The molecule has 1 fully saturated rings. The lowest BCUT2D eigenvalue weighted by Crippen LogP contribution is -2.43. The number of carbonyl (C=O) groups is 1. The summed E-state index contributed by atoms with van der Waals surface area (Å²) in [5, 5.41) is 2.81. The van der Waals surface area contributed by atoms with Crippen LogP contribution in [0.1, 0.15) is 28.8 Å².